The molecule has 1 atom stereocenters. The molecule has 14 heteroatoms. The van der Waals surface area contributed by atoms with Crippen LogP contribution >= 0.6 is 31.9 Å². The first-order valence-electron chi connectivity index (χ1n) is 9.31. The lowest BCUT2D eigenvalue weighted by Crippen LogP contribution is -2.49. The van der Waals surface area contributed by atoms with Gasteiger partial charge in [-0.3, -0.25) is 4.79 Å². The fourth-order valence-electron chi connectivity index (χ4n) is 3.30. The number of rotatable bonds is 7. The Hall–Kier alpha value is -2.48. The molecule has 0 aliphatic heterocycles. The van der Waals surface area contributed by atoms with Gasteiger partial charge in [0.15, 0.2) is 12.0 Å². The number of fused-ring (bicyclic) bond motifs is 1. The molecule has 0 spiro atoms. The third kappa shape index (κ3) is 5.22. The third-order valence-electron chi connectivity index (χ3n) is 4.97. The summed E-state index contributed by atoms with van der Waals surface area (Å²) in [5, 5.41) is 12.1. The molecule has 1 aromatic heterocycles. The molecule has 0 amide bonds. The number of carbonyl (C=O) groups is 1. The van der Waals surface area contributed by atoms with E-state index in [1.165, 1.54) is 52.5 Å². The molecule has 1 heterocycles. The maximum absolute atomic E-state index is 14.8. The highest BCUT2D eigenvalue weighted by Crippen LogP contribution is 2.56. The molecule has 1 unspecified atom stereocenters. The number of hydrogen-bond acceptors (Lipinski definition) is 3. The number of alkyl halides is 9. The first-order valence-corrected chi connectivity index (χ1v) is 10.9. The molecule has 2 aromatic carbocycles. The summed E-state index contributed by atoms with van der Waals surface area (Å²) in [6.45, 7) is -3.64. The Bertz CT molecular complexity index is 1260. The van der Waals surface area contributed by atoms with Crippen molar-refractivity contribution in [3.63, 3.8) is 0 Å². The SMILES string of the molecule is O=C(Cc1c(Br)cc(C(F)(C(F)(F)F)C(F)(F)Br)cc1OC(F)F)c1ccc2c(ccc[n+]2[O-])c1. The van der Waals surface area contributed by atoms with Gasteiger partial charge in [0.05, 0.1) is 0 Å². The van der Waals surface area contributed by atoms with Crippen LogP contribution in [0.25, 0.3) is 10.9 Å². The quantitative estimate of drug-likeness (QED) is 0.0925. The second kappa shape index (κ2) is 9.52. The Morgan fingerprint density at radius 2 is 1.71 bits per heavy atom. The maximum Gasteiger partial charge on any atom is 0.433 e. The van der Waals surface area contributed by atoms with Crippen LogP contribution in [0.3, 0.4) is 0 Å². The van der Waals surface area contributed by atoms with Gasteiger partial charge in [0.25, 0.3) is 0 Å². The molecule has 4 nitrogen and oxygen atoms in total. The van der Waals surface area contributed by atoms with Crippen LogP contribution in [0.5, 0.6) is 5.75 Å². The van der Waals surface area contributed by atoms with Crippen LogP contribution in [0.4, 0.5) is 35.1 Å². The van der Waals surface area contributed by atoms with Crippen molar-refractivity contribution in [3.8, 4) is 5.75 Å². The summed E-state index contributed by atoms with van der Waals surface area (Å²) in [6, 6.07) is 7.20. The number of aromatic nitrogens is 1. The molecule has 0 aliphatic carbocycles. The molecule has 0 bridgehead atoms. The minimum atomic E-state index is -6.16. The largest absolute Gasteiger partial charge is 0.618 e. The van der Waals surface area contributed by atoms with Crippen LogP contribution in [-0.4, -0.2) is 23.4 Å². The van der Waals surface area contributed by atoms with Crippen molar-refractivity contribution < 1.29 is 49.4 Å². The van der Waals surface area contributed by atoms with Crippen molar-refractivity contribution >= 4 is 48.5 Å². The summed E-state index contributed by atoms with van der Waals surface area (Å²) >= 11 is 4.13. The topological polar surface area (TPSA) is 53.2 Å². The maximum atomic E-state index is 14.8. The van der Waals surface area contributed by atoms with Crippen molar-refractivity contribution in [1.82, 2.24) is 0 Å². The van der Waals surface area contributed by atoms with Gasteiger partial charge in [-0.2, -0.15) is 35.5 Å². The molecule has 0 saturated heterocycles. The summed E-state index contributed by atoms with van der Waals surface area (Å²) in [6.07, 6.45) is -5.68. The van der Waals surface area contributed by atoms with Gasteiger partial charge in [-0.25, -0.2) is 4.39 Å². The number of ether oxygens (including phenoxy) is 1. The normalized spacial score (nSPS) is 14.3. The lowest BCUT2D eigenvalue weighted by molar-refractivity contribution is -0.577. The molecule has 3 aromatic rings. The van der Waals surface area contributed by atoms with E-state index in [1.54, 1.807) is 0 Å². The summed E-state index contributed by atoms with van der Waals surface area (Å²) < 4.78 is 112. The first kappa shape index (κ1) is 27.1. The second-order valence-corrected chi connectivity index (χ2v) is 9.03. The van der Waals surface area contributed by atoms with Gasteiger partial charge in [0.2, 0.25) is 5.52 Å². The molecule has 0 N–H and O–H groups in total. The molecular weight excluding hydrogens is 626 g/mol. The highest BCUT2D eigenvalue weighted by Gasteiger charge is 2.71. The number of hydrogen-bond donors (Lipinski definition) is 0. The van der Waals surface area contributed by atoms with E-state index in [4.69, 9.17) is 0 Å². The molecule has 188 valence electrons. The van der Waals surface area contributed by atoms with Gasteiger partial charge in [0, 0.05) is 45.1 Å². The van der Waals surface area contributed by atoms with Crippen LogP contribution in [-0.2, 0) is 12.1 Å². The minimum absolute atomic E-state index is 0.00444. The summed E-state index contributed by atoms with van der Waals surface area (Å²) in [7, 11) is 0. The van der Waals surface area contributed by atoms with E-state index in [2.05, 4.69) is 20.7 Å². The minimum Gasteiger partial charge on any atom is -0.618 e. The van der Waals surface area contributed by atoms with Crippen molar-refractivity contribution in [2.75, 3.05) is 0 Å². The third-order valence-corrected chi connectivity index (χ3v) is 6.23. The van der Waals surface area contributed by atoms with Crippen LogP contribution in [0.2, 0.25) is 0 Å². The Kier molecular flexibility index (Phi) is 7.38. The zero-order chi connectivity index (χ0) is 26.3. The van der Waals surface area contributed by atoms with E-state index < -0.39 is 56.8 Å². The van der Waals surface area contributed by atoms with Gasteiger partial charge >= 0.3 is 23.3 Å². The van der Waals surface area contributed by atoms with E-state index in [9.17, 15) is 45.1 Å². The number of pyridine rings is 1. The number of benzene rings is 2. The second-order valence-electron chi connectivity index (χ2n) is 7.17. The van der Waals surface area contributed by atoms with Gasteiger partial charge < -0.3 is 9.94 Å². The molecule has 0 aliphatic rings. The number of halogens is 10. The molecular formula is C21H11Br2F8NO3. The molecule has 35 heavy (non-hydrogen) atoms. The molecule has 0 saturated carbocycles. The van der Waals surface area contributed by atoms with Gasteiger partial charge in [-0.15, -0.1) is 0 Å². The van der Waals surface area contributed by atoms with Crippen LogP contribution in [0, 0.1) is 5.21 Å². The van der Waals surface area contributed by atoms with Gasteiger partial charge in [-0.1, -0.05) is 15.9 Å². The van der Waals surface area contributed by atoms with Crippen molar-refractivity contribution in [3.05, 3.63) is 75.0 Å². The zero-order valence-electron chi connectivity index (χ0n) is 16.9. The highest BCUT2D eigenvalue weighted by molar-refractivity contribution is 9.10. The monoisotopic (exact) mass is 635 g/mol. The lowest BCUT2D eigenvalue weighted by atomic mass is 9.92. The van der Waals surface area contributed by atoms with E-state index in [-0.39, 0.29) is 17.1 Å². The van der Waals surface area contributed by atoms with E-state index in [0.717, 1.165) is 0 Å². The predicted octanol–water partition coefficient (Wildman–Crippen LogP) is 6.98. The van der Waals surface area contributed by atoms with Crippen molar-refractivity contribution in [2.45, 2.75) is 29.7 Å². The molecule has 0 radical (unpaired) electrons. The average Bonchev–Trinajstić information content (AvgIpc) is 2.73. The summed E-state index contributed by atoms with van der Waals surface area (Å²) in [4.78, 5) is 7.62. The fraction of sp³-hybridized carbons (Fsp3) is 0.238. The Morgan fingerprint density at radius 3 is 2.29 bits per heavy atom. The van der Waals surface area contributed by atoms with Gasteiger partial charge in [-0.05, 0) is 46.3 Å². The Labute approximate surface area is 208 Å². The van der Waals surface area contributed by atoms with Crippen LogP contribution in [0.1, 0.15) is 21.5 Å². The van der Waals surface area contributed by atoms with Crippen molar-refractivity contribution in [2.24, 2.45) is 0 Å². The smallest absolute Gasteiger partial charge is 0.433 e. The molecule has 0 fully saturated rings. The van der Waals surface area contributed by atoms with Crippen molar-refractivity contribution in [1.29, 1.82) is 0 Å². The summed E-state index contributed by atoms with van der Waals surface area (Å²) in [5.41, 5.74) is -7.27. The van der Waals surface area contributed by atoms with Crippen LogP contribution in [0.15, 0.2) is 53.1 Å². The Morgan fingerprint density at radius 1 is 1.06 bits per heavy atom. The first-order chi connectivity index (χ1) is 16.1. The van der Waals surface area contributed by atoms with Gasteiger partial charge in [0.1, 0.15) is 5.75 Å². The highest BCUT2D eigenvalue weighted by atomic mass is 79.9. The number of carbonyl (C=O) groups excluding carboxylic acids is 1. The lowest BCUT2D eigenvalue weighted by Gasteiger charge is -2.32. The predicted molar refractivity (Wildman–Crippen MR) is 114 cm³/mol. The number of nitrogens with zero attached hydrogens (tertiary/aromatic N) is 1. The average molecular weight is 637 g/mol. The molecule has 3 rings (SSSR count). The number of ketones is 1. The van der Waals surface area contributed by atoms with E-state index in [0.29, 0.717) is 16.2 Å². The standard InChI is InChI=1S/C21H11Br2F8NO3/c22-14-7-12(19(26,20(23,27)28)21(29,30)31)8-17(35-18(24)25)13(14)9-16(33)11-3-4-15-10(6-11)2-1-5-32(15)34/h1-8,18H,9H2. The van der Waals surface area contributed by atoms with E-state index in [1.807, 2.05) is 0 Å². The van der Waals surface area contributed by atoms with E-state index >= 15 is 0 Å². The summed E-state index contributed by atoms with van der Waals surface area (Å²) in [5.74, 6) is -1.85. The number of Topliss-reactive ketones (excluding diaryl/α,β-unsaturated/α-hetero) is 1. The fourth-order valence-corrected chi connectivity index (χ4v) is 4.34. The zero-order valence-corrected chi connectivity index (χ0v) is 20.0. The Balaban J connectivity index is 2.09. The van der Waals surface area contributed by atoms with Crippen LogP contribution < -0.4 is 9.47 Å².